The third kappa shape index (κ3) is 4.80. The number of rotatable bonds is 6. The lowest BCUT2D eigenvalue weighted by Gasteiger charge is -2.12. The molecular formula is C26H18Cl2N4OS. The van der Waals surface area contributed by atoms with Crippen LogP contribution in [0.15, 0.2) is 90.5 Å². The Balaban J connectivity index is 1.37. The van der Waals surface area contributed by atoms with E-state index >= 15 is 0 Å². The summed E-state index contributed by atoms with van der Waals surface area (Å²) >= 11 is 14.5. The number of benzene rings is 3. The van der Waals surface area contributed by atoms with Crippen molar-refractivity contribution >= 4 is 57.3 Å². The molecule has 2 aromatic heterocycles. The van der Waals surface area contributed by atoms with Gasteiger partial charge in [-0.3, -0.25) is 9.78 Å². The molecule has 0 aliphatic rings. The molecule has 0 bridgehead atoms. The number of pyridine rings is 1. The monoisotopic (exact) mass is 504 g/mol. The topological polar surface area (TPSA) is 70.7 Å². The molecule has 5 rings (SSSR count). The molecule has 0 radical (unpaired) electrons. The molecule has 2 N–H and O–H groups in total. The zero-order valence-electron chi connectivity index (χ0n) is 17.8. The molecule has 0 unspecified atom stereocenters. The lowest BCUT2D eigenvalue weighted by molar-refractivity contribution is 0.102. The number of H-pyrrole nitrogens is 1. The van der Waals surface area contributed by atoms with Gasteiger partial charge < -0.3 is 10.3 Å². The fourth-order valence-electron chi connectivity index (χ4n) is 3.63. The van der Waals surface area contributed by atoms with Gasteiger partial charge in [-0.1, -0.05) is 65.3 Å². The Morgan fingerprint density at radius 3 is 2.65 bits per heavy atom. The second-order valence-corrected chi connectivity index (χ2v) is 9.31. The SMILES string of the molecule is O=C(Nc1ccc(Cl)c(-c2nccc3ccccc23)c1)c1ccc(CSc2ncc[nH]2)cc1Cl. The maximum atomic E-state index is 13.0. The van der Waals surface area contributed by atoms with Gasteiger partial charge >= 0.3 is 0 Å². The van der Waals surface area contributed by atoms with E-state index < -0.39 is 0 Å². The van der Waals surface area contributed by atoms with Crippen LogP contribution in [0.4, 0.5) is 5.69 Å². The summed E-state index contributed by atoms with van der Waals surface area (Å²) in [5, 5.41) is 6.75. The molecule has 1 amide bonds. The maximum absolute atomic E-state index is 13.0. The number of amides is 1. The Bertz CT molecular complexity index is 1480. The van der Waals surface area contributed by atoms with Crippen molar-refractivity contribution in [2.45, 2.75) is 10.9 Å². The number of aromatic amines is 1. The highest BCUT2D eigenvalue weighted by Crippen LogP contribution is 2.34. The fraction of sp³-hybridized carbons (Fsp3) is 0.0385. The molecule has 0 spiro atoms. The number of nitrogens with one attached hydrogen (secondary N) is 2. The highest BCUT2D eigenvalue weighted by molar-refractivity contribution is 7.98. The van der Waals surface area contributed by atoms with Crippen LogP contribution in [-0.2, 0) is 5.75 Å². The van der Waals surface area contributed by atoms with E-state index in [1.807, 2.05) is 42.5 Å². The molecule has 0 saturated carbocycles. The Hall–Kier alpha value is -3.32. The molecule has 8 heteroatoms. The number of carbonyl (C=O) groups excluding carboxylic acids is 1. The number of halogens is 2. The highest BCUT2D eigenvalue weighted by Gasteiger charge is 2.14. The number of fused-ring (bicyclic) bond motifs is 1. The summed E-state index contributed by atoms with van der Waals surface area (Å²) in [6.45, 7) is 0. The molecule has 0 aliphatic heterocycles. The average Bonchev–Trinajstić information content (AvgIpc) is 3.37. The van der Waals surface area contributed by atoms with Gasteiger partial charge in [-0.15, -0.1) is 0 Å². The molecule has 5 nitrogen and oxygen atoms in total. The molecule has 34 heavy (non-hydrogen) atoms. The van der Waals surface area contributed by atoms with Crippen LogP contribution in [0.1, 0.15) is 15.9 Å². The largest absolute Gasteiger partial charge is 0.340 e. The van der Waals surface area contributed by atoms with Crippen LogP contribution in [0, 0.1) is 0 Å². The van der Waals surface area contributed by atoms with Crippen molar-refractivity contribution in [2.24, 2.45) is 0 Å². The van der Waals surface area contributed by atoms with E-state index in [1.54, 1.807) is 54.6 Å². The summed E-state index contributed by atoms with van der Waals surface area (Å²) in [5.74, 6) is 0.391. The number of imidazole rings is 1. The quantitative estimate of drug-likeness (QED) is 0.235. The summed E-state index contributed by atoms with van der Waals surface area (Å²) in [7, 11) is 0. The minimum Gasteiger partial charge on any atom is -0.340 e. The number of aromatic nitrogens is 3. The van der Waals surface area contributed by atoms with Crippen LogP contribution < -0.4 is 5.32 Å². The van der Waals surface area contributed by atoms with Gasteiger partial charge in [0.25, 0.3) is 5.91 Å². The van der Waals surface area contributed by atoms with Gasteiger partial charge in [0.1, 0.15) is 0 Å². The Morgan fingerprint density at radius 2 is 1.82 bits per heavy atom. The zero-order chi connectivity index (χ0) is 23.5. The molecule has 0 saturated heterocycles. The lowest BCUT2D eigenvalue weighted by atomic mass is 10.0. The van der Waals surface area contributed by atoms with E-state index in [2.05, 4.69) is 20.3 Å². The van der Waals surface area contributed by atoms with E-state index in [-0.39, 0.29) is 5.91 Å². The number of anilines is 1. The first-order valence-corrected chi connectivity index (χ1v) is 12.2. The minimum atomic E-state index is -0.297. The van der Waals surface area contributed by atoms with Crippen molar-refractivity contribution in [3.63, 3.8) is 0 Å². The van der Waals surface area contributed by atoms with Crippen LogP contribution in [0.3, 0.4) is 0 Å². The Morgan fingerprint density at radius 1 is 0.941 bits per heavy atom. The van der Waals surface area contributed by atoms with Crippen LogP contribution in [0.2, 0.25) is 10.0 Å². The summed E-state index contributed by atoms with van der Waals surface area (Å²) in [4.78, 5) is 24.8. The van der Waals surface area contributed by atoms with Gasteiger partial charge in [0.05, 0.1) is 21.3 Å². The predicted octanol–water partition coefficient (Wildman–Crippen LogP) is 7.48. The van der Waals surface area contributed by atoms with E-state index in [0.29, 0.717) is 27.0 Å². The molecule has 3 aromatic carbocycles. The number of hydrogen-bond acceptors (Lipinski definition) is 4. The summed E-state index contributed by atoms with van der Waals surface area (Å²) in [6, 6.07) is 20.7. The Kier molecular flexibility index (Phi) is 6.54. The standard InChI is InChI=1S/C26H18Cl2N4OS/c27-22-8-6-18(14-21(22)24-19-4-2-1-3-17(19)9-10-29-24)32-25(33)20-7-5-16(13-23(20)28)15-34-26-30-11-12-31-26/h1-14H,15H2,(H,30,31)(H,32,33). The van der Waals surface area contributed by atoms with E-state index in [1.165, 1.54) is 0 Å². The van der Waals surface area contributed by atoms with Gasteiger partial charge in [0.2, 0.25) is 0 Å². The first kappa shape index (κ1) is 22.5. The second-order valence-electron chi connectivity index (χ2n) is 7.53. The summed E-state index contributed by atoms with van der Waals surface area (Å²) in [6.07, 6.45) is 5.24. The van der Waals surface area contributed by atoms with E-state index in [0.717, 1.165) is 32.7 Å². The van der Waals surface area contributed by atoms with Gasteiger partial charge in [-0.2, -0.15) is 0 Å². The van der Waals surface area contributed by atoms with Crippen molar-refractivity contribution in [3.05, 3.63) is 106 Å². The summed E-state index contributed by atoms with van der Waals surface area (Å²) < 4.78 is 0. The third-order valence-corrected chi connectivity index (χ3v) is 6.90. The van der Waals surface area contributed by atoms with Crippen molar-refractivity contribution < 1.29 is 4.79 Å². The fourth-order valence-corrected chi connectivity index (χ4v) is 4.90. The van der Waals surface area contributed by atoms with Gasteiger partial charge in [-0.25, -0.2) is 4.98 Å². The normalized spacial score (nSPS) is 11.0. The number of hydrogen-bond donors (Lipinski definition) is 2. The first-order valence-electron chi connectivity index (χ1n) is 10.4. The first-order chi connectivity index (χ1) is 16.6. The molecule has 5 aromatic rings. The van der Waals surface area contributed by atoms with Crippen molar-refractivity contribution in [3.8, 4) is 11.3 Å². The summed E-state index contributed by atoms with van der Waals surface area (Å²) in [5.41, 5.74) is 3.50. The van der Waals surface area contributed by atoms with Crippen molar-refractivity contribution in [1.82, 2.24) is 15.0 Å². The van der Waals surface area contributed by atoms with Gasteiger partial charge in [0, 0.05) is 41.0 Å². The highest BCUT2D eigenvalue weighted by atomic mass is 35.5. The van der Waals surface area contributed by atoms with Crippen LogP contribution in [0.25, 0.3) is 22.0 Å². The molecule has 0 fully saturated rings. The third-order valence-electron chi connectivity index (χ3n) is 5.28. The smallest absolute Gasteiger partial charge is 0.257 e. The maximum Gasteiger partial charge on any atom is 0.257 e. The number of nitrogens with zero attached hydrogens (tertiary/aromatic N) is 2. The van der Waals surface area contributed by atoms with Gasteiger partial charge in [-0.05, 0) is 47.3 Å². The van der Waals surface area contributed by atoms with Crippen molar-refractivity contribution in [1.29, 1.82) is 0 Å². The molecule has 0 aliphatic carbocycles. The predicted molar refractivity (Wildman–Crippen MR) is 140 cm³/mol. The van der Waals surface area contributed by atoms with Gasteiger partial charge in [0.15, 0.2) is 5.16 Å². The number of thioether (sulfide) groups is 1. The van der Waals surface area contributed by atoms with Crippen LogP contribution >= 0.6 is 35.0 Å². The van der Waals surface area contributed by atoms with E-state index in [9.17, 15) is 4.79 Å². The van der Waals surface area contributed by atoms with Crippen LogP contribution in [-0.4, -0.2) is 20.9 Å². The molecule has 2 heterocycles. The zero-order valence-corrected chi connectivity index (χ0v) is 20.1. The minimum absolute atomic E-state index is 0.297. The van der Waals surface area contributed by atoms with Crippen molar-refractivity contribution in [2.75, 3.05) is 5.32 Å². The molecule has 168 valence electrons. The Labute approximate surface area is 210 Å². The molecule has 0 atom stereocenters. The second kappa shape index (κ2) is 9.89. The van der Waals surface area contributed by atoms with E-state index in [4.69, 9.17) is 23.2 Å². The van der Waals surface area contributed by atoms with Crippen LogP contribution in [0.5, 0.6) is 0 Å². The average molecular weight is 505 g/mol. The lowest BCUT2D eigenvalue weighted by Crippen LogP contribution is -2.12. The molecular weight excluding hydrogens is 487 g/mol. The number of carbonyl (C=O) groups is 1.